The highest BCUT2D eigenvalue weighted by atomic mass is 127. The van der Waals surface area contributed by atoms with Gasteiger partial charge in [-0.2, -0.15) is 4.98 Å². The van der Waals surface area contributed by atoms with Crippen molar-refractivity contribution in [2.24, 2.45) is 0 Å². The Morgan fingerprint density at radius 1 is 1.41 bits per heavy atom. The van der Waals surface area contributed by atoms with E-state index in [4.69, 9.17) is 10.2 Å². The lowest BCUT2D eigenvalue weighted by molar-refractivity contribution is 0.102. The van der Waals surface area contributed by atoms with E-state index in [1.807, 2.05) is 12.1 Å². The van der Waals surface area contributed by atoms with E-state index in [9.17, 15) is 4.79 Å². The molecule has 116 valence electrons. The van der Waals surface area contributed by atoms with Crippen molar-refractivity contribution in [3.63, 3.8) is 0 Å². The summed E-state index contributed by atoms with van der Waals surface area (Å²) in [4.78, 5) is 18.3. The minimum absolute atomic E-state index is 0.0191. The van der Waals surface area contributed by atoms with Crippen molar-refractivity contribution >= 4 is 45.9 Å². The van der Waals surface area contributed by atoms with Crippen molar-refractivity contribution in [2.75, 3.05) is 42.1 Å². The molecule has 0 spiro atoms. The molecule has 2 heterocycles. The van der Waals surface area contributed by atoms with Crippen LogP contribution in [-0.4, -0.2) is 37.1 Å². The third-order valence-corrected chi connectivity index (χ3v) is 4.38. The van der Waals surface area contributed by atoms with Crippen molar-refractivity contribution in [1.82, 2.24) is 10.3 Å². The van der Waals surface area contributed by atoms with Crippen LogP contribution in [0.3, 0.4) is 0 Å². The van der Waals surface area contributed by atoms with Crippen LogP contribution in [0.5, 0.6) is 0 Å². The topological polar surface area (TPSA) is 96.4 Å². The molecule has 0 bridgehead atoms. The van der Waals surface area contributed by atoms with Crippen LogP contribution >= 0.6 is 22.6 Å². The Bertz CT molecular complexity index is 682. The van der Waals surface area contributed by atoms with E-state index in [1.54, 1.807) is 0 Å². The van der Waals surface area contributed by atoms with Gasteiger partial charge in [0.1, 0.15) is 6.26 Å². The van der Waals surface area contributed by atoms with Gasteiger partial charge >= 0.3 is 0 Å². The molecule has 1 aliphatic rings. The summed E-state index contributed by atoms with van der Waals surface area (Å²) in [7, 11) is 0. The number of oxazole rings is 1. The molecule has 22 heavy (non-hydrogen) atoms. The molecule has 3 rings (SSSR count). The zero-order valence-electron chi connectivity index (χ0n) is 11.8. The van der Waals surface area contributed by atoms with Crippen LogP contribution in [0.4, 0.5) is 17.4 Å². The average Bonchev–Trinajstić information content (AvgIpc) is 2.97. The molecule has 0 aliphatic carbocycles. The number of nitrogen functional groups attached to an aromatic ring is 1. The van der Waals surface area contributed by atoms with Crippen molar-refractivity contribution in [1.29, 1.82) is 0 Å². The van der Waals surface area contributed by atoms with Crippen molar-refractivity contribution in [2.45, 2.75) is 0 Å². The quantitative estimate of drug-likeness (QED) is 0.661. The number of halogens is 1. The average molecular weight is 413 g/mol. The SMILES string of the molecule is Nc1nc(C(=O)Nc2cc(N3CCNCC3)ccc2I)co1. The second-order valence-corrected chi connectivity index (χ2v) is 6.09. The molecule has 0 unspecified atom stereocenters. The number of hydrogen-bond acceptors (Lipinski definition) is 6. The number of nitrogens with two attached hydrogens (primary N) is 1. The first-order valence-corrected chi connectivity index (χ1v) is 7.99. The van der Waals surface area contributed by atoms with Crippen LogP contribution in [0.15, 0.2) is 28.9 Å². The van der Waals surface area contributed by atoms with Crippen LogP contribution in [0.25, 0.3) is 0 Å². The number of carbonyl (C=O) groups is 1. The maximum Gasteiger partial charge on any atom is 0.292 e. The second-order valence-electron chi connectivity index (χ2n) is 4.93. The predicted octanol–water partition coefficient (Wildman–Crippen LogP) is 1.52. The van der Waals surface area contributed by atoms with E-state index in [0.717, 1.165) is 41.1 Å². The zero-order valence-corrected chi connectivity index (χ0v) is 14.0. The normalized spacial score (nSPS) is 14.9. The molecule has 0 radical (unpaired) electrons. The summed E-state index contributed by atoms with van der Waals surface area (Å²) in [6, 6.07) is 6.02. The first-order valence-electron chi connectivity index (χ1n) is 6.91. The number of nitrogens with zero attached hydrogens (tertiary/aromatic N) is 2. The standard InChI is InChI=1S/C14H16IN5O2/c15-10-2-1-9(20-5-3-17-4-6-20)7-11(10)18-13(21)12-8-22-14(16)19-12/h1-2,7-8,17H,3-6H2,(H2,16,19)(H,18,21). The van der Waals surface area contributed by atoms with Gasteiger partial charge < -0.3 is 25.7 Å². The van der Waals surface area contributed by atoms with Gasteiger partial charge in [0.05, 0.1) is 5.69 Å². The number of amides is 1. The second kappa shape index (κ2) is 6.53. The number of rotatable bonds is 3. The fourth-order valence-electron chi connectivity index (χ4n) is 2.31. The van der Waals surface area contributed by atoms with Crippen LogP contribution in [0, 0.1) is 3.57 Å². The Morgan fingerprint density at radius 2 is 2.18 bits per heavy atom. The number of piperazine rings is 1. The van der Waals surface area contributed by atoms with Crippen LogP contribution in [0.1, 0.15) is 10.5 Å². The number of benzene rings is 1. The summed E-state index contributed by atoms with van der Waals surface area (Å²) in [5.74, 6) is -0.337. The highest BCUT2D eigenvalue weighted by molar-refractivity contribution is 14.1. The molecule has 7 nitrogen and oxygen atoms in total. The maximum absolute atomic E-state index is 12.2. The van der Waals surface area contributed by atoms with Crippen molar-refractivity contribution in [3.05, 3.63) is 33.7 Å². The van der Waals surface area contributed by atoms with Gasteiger partial charge in [0, 0.05) is 35.4 Å². The van der Waals surface area contributed by atoms with Crippen LogP contribution in [-0.2, 0) is 0 Å². The minimum atomic E-state index is -0.337. The Hall–Kier alpha value is -1.81. The smallest absolute Gasteiger partial charge is 0.292 e. The summed E-state index contributed by atoms with van der Waals surface area (Å²) in [6.45, 7) is 3.83. The van der Waals surface area contributed by atoms with E-state index >= 15 is 0 Å². The Morgan fingerprint density at radius 3 is 2.86 bits per heavy atom. The first-order chi connectivity index (χ1) is 10.6. The third-order valence-electron chi connectivity index (χ3n) is 3.43. The summed E-state index contributed by atoms with van der Waals surface area (Å²) < 4.78 is 5.82. The Kier molecular flexibility index (Phi) is 4.48. The van der Waals surface area contributed by atoms with Crippen LogP contribution < -0.4 is 21.3 Å². The molecular formula is C14H16IN5O2. The minimum Gasteiger partial charge on any atom is -0.431 e. The monoisotopic (exact) mass is 413 g/mol. The molecule has 1 fully saturated rings. The third kappa shape index (κ3) is 3.33. The molecule has 2 aromatic rings. The lowest BCUT2D eigenvalue weighted by Crippen LogP contribution is -2.43. The van der Waals surface area contributed by atoms with E-state index in [-0.39, 0.29) is 17.6 Å². The molecule has 1 amide bonds. The van der Waals surface area contributed by atoms with Gasteiger partial charge in [-0.25, -0.2) is 0 Å². The maximum atomic E-state index is 12.2. The fraction of sp³-hybridized carbons (Fsp3) is 0.286. The highest BCUT2D eigenvalue weighted by Crippen LogP contribution is 2.26. The molecule has 4 N–H and O–H groups in total. The lowest BCUT2D eigenvalue weighted by Gasteiger charge is -2.29. The predicted molar refractivity (Wildman–Crippen MR) is 93.1 cm³/mol. The zero-order chi connectivity index (χ0) is 15.5. The van der Waals surface area contributed by atoms with Gasteiger partial charge in [0.25, 0.3) is 11.9 Å². The molecule has 0 saturated carbocycles. The van der Waals surface area contributed by atoms with Gasteiger partial charge in [-0.05, 0) is 40.8 Å². The van der Waals surface area contributed by atoms with Crippen molar-refractivity contribution in [3.8, 4) is 0 Å². The molecule has 8 heteroatoms. The van der Waals surface area contributed by atoms with E-state index in [1.165, 1.54) is 6.26 Å². The fourth-order valence-corrected chi connectivity index (χ4v) is 2.78. The van der Waals surface area contributed by atoms with Crippen molar-refractivity contribution < 1.29 is 9.21 Å². The van der Waals surface area contributed by atoms with Gasteiger partial charge in [-0.15, -0.1) is 0 Å². The highest BCUT2D eigenvalue weighted by Gasteiger charge is 2.15. The number of nitrogens with one attached hydrogen (secondary N) is 2. The molecule has 1 saturated heterocycles. The van der Waals surface area contributed by atoms with Crippen LogP contribution in [0.2, 0.25) is 0 Å². The van der Waals surface area contributed by atoms with Gasteiger partial charge in [0.2, 0.25) is 0 Å². The number of carbonyl (C=O) groups excluding carboxylic acids is 1. The molecule has 1 aliphatic heterocycles. The number of hydrogen-bond donors (Lipinski definition) is 3. The van der Waals surface area contributed by atoms with E-state index in [2.05, 4.69) is 49.2 Å². The summed E-state index contributed by atoms with van der Waals surface area (Å²) in [6.07, 6.45) is 1.25. The van der Waals surface area contributed by atoms with E-state index in [0.29, 0.717) is 0 Å². The molecule has 1 aromatic heterocycles. The van der Waals surface area contributed by atoms with E-state index < -0.39 is 0 Å². The molecule has 1 aromatic carbocycles. The summed E-state index contributed by atoms with van der Waals surface area (Å²) in [5, 5.41) is 6.18. The number of anilines is 3. The Balaban J connectivity index is 1.79. The van der Waals surface area contributed by atoms with Gasteiger partial charge in [-0.1, -0.05) is 0 Å². The lowest BCUT2D eigenvalue weighted by atomic mass is 10.2. The summed E-state index contributed by atoms with van der Waals surface area (Å²) in [5.41, 5.74) is 7.40. The number of aromatic nitrogens is 1. The largest absolute Gasteiger partial charge is 0.431 e. The Labute approximate surface area is 141 Å². The first kappa shape index (κ1) is 15.1. The van der Waals surface area contributed by atoms with Gasteiger partial charge in [0.15, 0.2) is 5.69 Å². The van der Waals surface area contributed by atoms with Gasteiger partial charge in [-0.3, -0.25) is 4.79 Å². The summed E-state index contributed by atoms with van der Waals surface area (Å²) >= 11 is 2.19. The molecular weight excluding hydrogens is 397 g/mol. The molecule has 0 atom stereocenters.